The average molecular weight is 972 g/mol. The molecule has 0 aliphatic carbocycles. The van der Waals surface area contributed by atoms with Gasteiger partial charge in [-0.3, -0.25) is 0 Å². The van der Waals surface area contributed by atoms with Gasteiger partial charge >= 0.3 is 0 Å². The summed E-state index contributed by atoms with van der Waals surface area (Å²) in [6.07, 6.45) is 0. The molecule has 76 heavy (non-hydrogen) atoms. The zero-order valence-corrected chi connectivity index (χ0v) is 40.7. The van der Waals surface area contributed by atoms with Crippen LogP contribution in [0.15, 0.2) is 258 Å². The summed E-state index contributed by atoms with van der Waals surface area (Å²) in [5, 5.41) is 8.82. The summed E-state index contributed by atoms with van der Waals surface area (Å²) in [5.41, 5.74) is 17.1. The zero-order chi connectivity index (χ0) is 49.8. The van der Waals surface area contributed by atoms with Crippen molar-refractivity contribution in [2.75, 3.05) is 0 Å². The van der Waals surface area contributed by atoms with E-state index >= 15 is 0 Å². The molecule has 0 atom stereocenters. The molecule has 11 aromatic carbocycles. The Morgan fingerprint density at radius 1 is 0.250 bits per heavy atom. The number of fused-ring (bicyclic) bond motifs is 12. The Kier molecular flexibility index (Phi) is 9.20. The van der Waals surface area contributed by atoms with E-state index in [1.54, 1.807) is 0 Å². The highest BCUT2D eigenvalue weighted by Crippen LogP contribution is 2.42. The summed E-state index contributed by atoms with van der Waals surface area (Å²) in [4.78, 5) is 15.6. The zero-order valence-electron chi connectivity index (χ0n) is 40.7. The normalized spacial score (nSPS) is 11.9. The number of rotatable bonds is 7. The van der Waals surface area contributed by atoms with Gasteiger partial charge in [-0.1, -0.05) is 152 Å². The quantitative estimate of drug-likeness (QED) is 0.159. The van der Waals surface area contributed by atoms with Crippen molar-refractivity contribution in [1.29, 1.82) is 0 Å². The Morgan fingerprint density at radius 2 is 0.763 bits per heavy atom. The van der Waals surface area contributed by atoms with Gasteiger partial charge in [-0.15, -0.1) is 0 Å². The van der Waals surface area contributed by atoms with Gasteiger partial charge in [0.25, 0.3) is 0 Å². The lowest BCUT2D eigenvalue weighted by Crippen LogP contribution is -2.00. The van der Waals surface area contributed by atoms with Crippen LogP contribution < -0.4 is 0 Å². The Bertz CT molecular complexity index is 4940. The van der Waals surface area contributed by atoms with Crippen LogP contribution in [0.3, 0.4) is 0 Å². The van der Waals surface area contributed by atoms with Crippen LogP contribution in [0.4, 0.5) is 0 Å². The van der Waals surface area contributed by atoms with Gasteiger partial charge in [0.15, 0.2) is 17.5 Å². The van der Waals surface area contributed by atoms with Crippen molar-refractivity contribution in [3.63, 3.8) is 0 Å². The van der Waals surface area contributed by atoms with E-state index in [4.69, 9.17) is 23.8 Å². The molecule has 7 heteroatoms. The first-order valence-electron chi connectivity index (χ1n) is 25.6. The van der Waals surface area contributed by atoms with Gasteiger partial charge in [0.2, 0.25) is 0 Å². The molecule has 16 rings (SSSR count). The highest BCUT2D eigenvalue weighted by atomic mass is 16.3. The monoisotopic (exact) mass is 971 g/mol. The first-order valence-corrected chi connectivity index (χ1v) is 25.6. The third-order valence-corrected chi connectivity index (χ3v) is 15.2. The molecule has 0 saturated heterocycles. The van der Waals surface area contributed by atoms with Crippen molar-refractivity contribution in [2.24, 2.45) is 0 Å². The summed E-state index contributed by atoms with van der Waals surface area (Å²) < 4.78 is 18.1. The van der Waals surface area contributed by atoms with E-state index in [0.29, 0.717) is 17.5 Å². The fraction of sp³-hybridized carbons (Fsp3) is 0. The number of nitrogens with zero attached hydrogens (tertiary/aromatic N) is 5. The van der Waals surface area contributed by atoms with E-state index in [-0.39, 0.29) is 0 Å². The minimum atomic E-state index is 0.546. The third kappa shape index (κ3) is 6.59. The van der Waals surface area contributed by atoms with Gasteiger partial charge < -0.3 is 18.0 Å². The minimum Gasteiger partial charge on any atom is -0.456 e. The molecule has 5 aromatic heterocycles. The minimum absolute atomic E-state index is 0.546. The molecule has 16 aromatic rings. The number of benzene rings is 11. The molecular formula is C69H41N5O2. The van der Waals surface area contributed by atoms with Crippen LogP contribution in [-0.4, -0.2) is 24.1 Å². The molecule has 0 N–H and O–H groups in total. The van der Waals surface area contributed by atoms with Crippen LogP contribution in [0.1, 0.15) is 0 Å². The molecule has 0 radical (unpaired) electrons. The van der Waals surface area contributed by atoms with Crippen molar-refractivity contribution >= 4 is 87.5 Å². The van der Waals surface area contributed by atoms with Crippen molar-refractivity contribution < 1.29 is 8.83 Å². The number of hydrogen-bond acceptors (Lipinski definition) is 5. The number of hydrogen-bond donors (Lipinski definition) is 0. The molecule has 0 spiro atoms. The Labute approximate surface area is 434 Å². The summed E-state index contributed by atoms with van der Waals surface area (Å²) in [5.74, 6) is 1.68. The van der Waals surface area contributed by atoms with Gasteiger partial charge in [-0.05, 0) is 119 Å². The van der Waals surface area contributed by atoms with Crippen molar-refractivity contribution in [3.8, 4) is 67.8 Å². The van der Waals surface area contributed by atoms with Crippen LogP contribution in [0.5, 0.6) is 0 Å². The molecule has 0 bridgehead atoms. The van der Waals surface area contributed by atoms with E-state index < -0.39 is 0 Å². The largest absolute Gasteiger partial charge is 0.456 e. The second-order valence-corrected chi connectivity index (χ2v) is 19.5. The standard InChI is InChI=1S/C69H41N5O2/c1-4-15-42(16-5-1)44-29-34-60-55(37-44)56-38-45(30-35-61(56)73(60)48-19-8-3-9-20-48)46-27-33-53-65(39-46)76-63-26-14-23-54(66(53)63)69-71-67(43-17-6-2-7-18-43)70-68(72-69)47-28-32-52-57-41-49(31-36-62(57)75-64(52)40-47)74-58-24-12-10-21-50(58)51-22-11-13-25-59(51)74/h1-41H. The van der Waals surface area contributed by atoms with E-state index in [2.05, 4.69) is 215 Å². The predicted molar refractivity (Wildman–Crippen MR) is 310 cm³/mol. The lowest BCUT2D eigenvalue weighted by Gasteiger charge is -2.09. The second-order valence-electron chi connectivity index (χ2n) is 19.5. The van der Waals surface area contributed by atoms with E-state index in [1.807, 2.05) is 42.5 Å². The number of aromatic nitrogens is 5. The van der Waals surface area contributed by atoms with Gasteiger partial charge in [-0.25, -0.2) is 15.0 Å². The maximum absolute atomic E-state index is 6.75. The Morgan fingerprint density at radius 3 is 1.49 bits per heavy atom. The van der Waals surface area contributed by atoms with Crippen molar-refractivity contribution in [1.82, 2.24) is 24.1 Å². The van der Waals surface area contributed by atoms with Crippen LogP contribution in [0, 0.1) is 0 Å². The molecular weight excluding hydrogens is 931 g/mol. The Hall–Kier alpha value is -10.4. The molecule has 0 saturated carbocycles. The third-order valence-electron chi connectivity index (χ3n) is 15.2. The smallest absolute Gasteiger partial charge is 0.164 e. The summed E-state index contributed by atoms with van der Waals surface area (Å²) in [7, 11) is 0. The van der Waals surface area contributed by atoms with Crippen LogP contribution in [-0.2, 0) is 0 Å². The molecule has 0 aliphatic heterocycles. The lowest BCUT2D eigenvalue weighted by molar-refractivity contribution is 0.668. The molecule has 5 heterocycles. The molecule has 0 unspecified atom stereocenters. The molecule has 0 amide bonds. The van der Waals surface area contributed by atoms with Gasteiger partial charge in [0.05, 0.1) is 22.1 Å². The highest BCUT2D eigenvalue weighted by molar-refractivity contribution is 6.15. The fourth-order valence-corrected chi connectivity index (χ4v) is 11.6. The predicted octanol–water partition coefficient (Wildman–Crippen LogP) is 18.2. The first-order chi connectivity index (χ1) is 37.6. The fourth-order valence-electron chi connectivity index (χ4n) is 11.6. The topological polar surface area (TPSA) is 74.8 Å². The summed E-state index contributed by atoms with van der Waals surface area (Å²) >= 11 is 0. The Balaban J connectivity index is 0.806. The van der Waals surface area contributed by atoms with Gasteiger partial charge in [-0.2, -0.15) is 0 Å². The molecule has 0 fully saturated rings. The molecule has 7 nitrogen and oxygen atoms in total. The van der Waals surface area contributed by atoms with Gasteiger partial charge in [0, 0.05) is 71.2 Å². The highest BCUT2D eigenvalue weighted by Gasteiger charge is 2.21. The number of para-hydroxylation sites is 3. The van der Waals surface area contributed by atoms with E-state index in [1.165, 1.54) is 32.7 Å². The maximum Gasteiger partial charge on any atom is 0.164 e. The van der Waals surface area contributed by atoms with E-state index in [9.17, 15) is 0 Å². The average Bonchev–Trinajstić information content (AvgIpc) is 4.27. The van der Waals surface area contributed by atoms with Gasteiger partial charge in [0.1, 0.15) is 22.3 Å². The lowest BCUT2D eigenvalue weighted by atomic mass is 9.99. The second kappa shape index (κ2) is 16.6. The van der Waals surface area contributed by atoms with Crippen molar-refractivity contribution in [3.05, 3.63) is 249 Å². The van der Waals surface area contributed by atoms with Crippen LogP contribution >= 0.6 is 0 Å². The summed E-state index contributed by atoms with van der Waals surface area (Å²) in [6.45, 7) is 0. The van der Waals surface area contributed by atoms with Crippen LogP contribution in [0.2, 0.25) is 0 Å². The maximum atomic E-state index is 6.75. The van der Waals surface area contributed by atoms with Crippen molar-refractivity contribution in [2.45, 2.75) is 0 Å². The van der Waals surface area contributed by atoms with Crippen LogP contribution in [0.25, 0.3) is 155 Å². The SMILES string of the molecule is c1ccc(-c2ccc3c(c2)c2cc(-c4ccc5c(c4)oc4cccc(-c6nc(-c7ccccc7)nc(-c7ccc8c(c7)oc7ccc(-n9c%10ccccc%10c%10ccccc%109)cc78)n6)c45)ccc2n3-c2ccccc2)cc1. The molecule has 354 valence electrons. The summed E-state index contributed by atoms with van der Waals surface area (Å²) in [6, 6.07) is 87.5. The molecule has 0 aliphatic rings. The van der Waals surface area contributed by atoms with E-state index in [0.717, 1.165) is 105 Å². The first kappa shape index (κ1) is 42.2. The number of furan rings is 2.